The number of ether oxygens (including phenoxy) is 2. The molecule has 1 amide bonds. The molecule has 1 aromatic rings. The van der Waals surface area contributed by atoms with Gasteiger partial charge in [0.1, 0.15) is 0 Å². The Morgan fingerprint density at radius 3 is 2.71 bits per heavy atom. The maximum Gasteiger partial charge on any atom is 0.223 e. The summed E-state index contributed by atoms with van der Waals surface area (Å²) in [4.78, 5) is 14.5. The van der Waals surface area contributed by atoms with Gasteiger partial charge in [-0.05, 0) is 17.9 Å². The molecule has 2 atom stereocenters. The number of carbonyl (C=O) groups excluding carboxylic acids is 1. The first-order valence-electron chi connectivity index (χ1n) is 7.87. The van der Waals surface area contributed by atoms with Crippen molar-refractivity contribution < 1.29 is 14.3 Å². The highest BCUT2D eigenvalue weighted by molar-refractivity contribution is 5.79. The van der Waals surface area contributed by atoms with Gasteiger partial charge in [-0.1, -0.05) is 30.3 Å². The zero-order valence-corrected chi connectivity index (χ0v) is 12.2. The Kier molecular flexibility index (Phi) is 3.23. The maximum absolute atomic E-state index is 12.4. The molecule has 4 nitrogen and oxygen atoms in total. The zero-order chi connectivity index (χ0) is 14.3. The van der Waals surface area contributed by atoms with Gasteiger partial charge in [0, 0.05) is 31.8 Å². The van der Waals surface area contributed by atoms with Crippen LogP contribution in [0.15, 0.2) is 30.3 Å². The highest BCUT2D eigenvalue weighted by Gasteiger charge is 2.50. The van der Waals surface area contributed by atoms with Gasteiger partial charge in [0.2, 0.25) is 5.91 Å². The van der Waals surface area contributed by atoms with Gasteiger partial charge in [-0.15, -0.1) is 0 Å². The molecule has 0 unspecified atom stereocenters. The van der Waals surface area contributed by atoms with Crippen molar-refractivity contribution in [3.63, 3.8) is 0 Å². The molecular formula is C17H21NO3. The van der Waals surface area contributed by atoms with E-state index in [2.05, 4.69) is 17.0 Å². The van der Waals surface area contributed by atoms with E-state index in [9.17, 15) is 4.79 Å². The van der Waals surface area contributed by atoms with Crippen LogP contribution in [-0.2, 0) is 20.8 Å². The van der Waals surface area contributed by atoms with E-state index >= 15 is 0 Å². The van der Waals surface area contributed by atoms with Crippen molar-refractivity contribution in [3.05, 3.63) is 35.9 Å². The summed E-state index contributed by atoms with van der Waals surface area (Å²) in [7, 11) is 0. The fourth-order valence-corrected chi connectivity index (χ4v) is 4.13. The predicted molar refractivity (Wildman–Crippen MR) is 77.4 cm³/mol. The minimum absolute atomic E-state index is 0.281. The predicted octanol–water partition coefficient (Wildman–Crippen LogP) is 2.33. The first-order valence-corrected chi connectivity index (χ1v) is 7.87. The summed E-state index contributed by atoms with van der Waals surface area (Å²) in [6, 6.07) is 10.6. The number of rotatable bonds is 2. The number of nitrogens with zero attached hydrogens (tertiary/aromatic N) is 1. The van der Waals surface area contributed by atoms with Crippen LogP contribution in [0.2, 0.25) is 0 Å². The van der Waals surface area contributed by atoms with Crippen molar-refractivity contribution in [2.45, 2.75) is 44.1 Å². The van der Waals surface area contributed by atoms with Crippen LogP contribution in [0.1, 0.15) is 31.2 Å². The summed E-state index contributed by atoms with van der Waals surface area (Å²) in [5.74, 6) is 0.279. The van der Waals surface area contributed by atoms with Gasteiger partial charge in [-0.2, -0.15) is 0 Å². The standard InChI is InChI=1S/C17H21NO3/c19-16-10-14-11-17(20-8-9-21-17)7-6-15(14)18(16)12-13-4-2-1-3-5-13/h1-5,14-15H,6-12H2/t14-,15+/m0/s1. The van der Waals surface area contributed by atoms with E-state index < -0.39 is 0 Å². The van der Waals surface area contributed by atoms with Gasteiger partial charge in [0.25, 0.3) is 0 Å². The number of benzene rings is 1. The quantitative estimate of drug-likeness (QED) is 0.838. The lowest BCUT2D eigenvalue weighted by Gasteiger charge is -2.40. The summed E-state index contributed by atoms with van der Waals surface area (Å²) in [6.45, 7) is 2.12. The van der Waals surface area contributed by atoms with E-state index in [1.165, 1.54) is 5.56 Å². The lowest BCUT2D eigenvalue weighted by atomic mass is 9.81. The number of likely N-dealkylation sites (tertiary alicyclic amines) is 1. The minimum Gasteiger partial charge on any atom is -0.348 e. The topological polar surface area (TPSA) is 38.8 Å². The van der Waals surface area contributed by atoms with Gasteiger partial charge in [-0.25, -0.2) is 0 Å². The third kappa shape index (κ3) is 2.36. The van der Waals surface area contributed by atoms with E-state index in [4.69, 9.17) is 9.47 Å². The molecule has 3 aliphatic rings. The van der Waals surface area contributed by atoms with Crippen molar-refractivity contribution in [2.75, 3.05) is 13.2 Å². The van der Waals surface area contributed by atoms with E-state index in [-0.39, 0.29) is 11.7 Å². The van der Waals surface area contributed by atoms with Gasteiger partial charge >= 0.3 is 0 Å². The molecule has 1 aromatic carbocycles. The van der Waals surface area contributed by atoms with Crippen LogP contribution in [0.4, 0.5) is 0 Å². The van der Waals surface area contributed by atoms with Gasteiger partial charge in [0.05, 0.1) is 13.2 Å². The Labute approximate surface area is 125 Å². The van der Waals surface area contributed by atoms with Crippen LogP contribution >= 0.6 is 0 Å². The second-order valence-corrected chi connectivity index (χ2v) is 6.39. The molecule has 21 heavy (non-hydrogen) atoms. The monoisotopic (exact) mass is 287 g/mol. The largest absolute Gasteiger partial charge is 0.348 e. The SMILES string of the molecule is O=C1C[C@H]2CC3(CC[C@H]2N1Cc1ccccc1)OCCO3. The van der Waals surface area contributed by atoms with Crippen molar-refractivity contribution in [2.24, 2.45) is 5.92 Å². The average molecular weight is 287 g/mol. The first kappa shape index (κ1) is 13.3. The fourth-order valence-electron chi connectivity index (χ4n) is 4.13. The van der Waals surface area contributed by atoms with Crippen molar-refractivity contribution in [3.8, 4) is 0 Å². The van der Waals surface area contributed by atoms with E-state index in [0.717, 1.165) is 25.8 Å². The molecule has 0 bridgehead atoms. The van der Waals surface area contributed by atoms with Crippen LogP contribution < -0.4 is 0 Å². The average Bonchev–Trinajstić information content (AvgIpc) is 3.06. The maximum atomic E-state index is 12.4. The zero-order valence-electron chi connectivity index (χ0n) is 12.2. The van der Waals surface area contributed by atoms with Crippen LogP contribution in [0, 0.1) is 5.92 Å². The molecule has 2 aliphatic heterocycles. The number of hydrogen-bond donors (Lipinski definition) is 0. The normalized spacial score (nSPS) is 30.9. The van der Waals surface area contributed by atoms with Crippen molar-refractivity contribution in [1.29, 1.82) is 0 Å². The van der Waals surface area contributed by atoms with Crippen LogP contribution in [0.5, 0.6) is 0 Å². The van der Waals surface area contributed by atoms with Crippen LogP contribution in [-0.4, -0.2) is 35.8 Å². The highest BCUT2D eigenvalue weighted by atomic mass is 16.7. The molecule has 4 rings (SSSR count). The Balaban J connectivity index is 1.49. The summed E-state index contributed by atoms with van der Waals surface area (Å²) in [5, 5.41) is 0. The molecule has 3 fully saturated rings. The summed E-state index contributed by atoms with van der Waals surface area (Å²) < 4.78 is 11.7. The molecule has 2 heterocycles. The fraction of sp³-hybridized carbons (Fsp3) is 0.588. The number of hydrogen-bond acceptors (Lipinski definition) is 3. The smallest absolute Gasteiger partial charge is 0.223 e. The van der Waals surface area contributed by atoms with Crippen molar-refractivity contribution in [1.82, 2.24) is 4.90 Å². The second kappa shape index (κ2) is 5.11. The molecular weight excluding hydrogens is 266 g/mol. The molecule has 2 saturated heterocycles. The first-order chi connectivity index (χ1) is 10.3. The minimum atomic E-state index is -0.385. The van der Waals surface area contributed by atoms with E-state index in [1.54, 1.807) is 0 Å². The molecule has 1 saturated carbocycles. The summed E-state index contributed by atoms with van der Waals surface area (Å²) in [6.07, 6.45) is 3.41. The number of carbonyl (C=O) groups is 1. The van der Waals surface area contributed by atoms with Crippen molar-refractivity contribution >= 4 is 5.91 Å². The molecule has 0 N–H and O–H groups in total. The van der Waals surface area contributed by atoms with Crippen LogP contribution in [0.3, 0.4) is 0 Å². The molecule has 1 aliphatic carbocycles. The Hall–Kier alpha value is -1.39. The van der Waals surface area contributed by atoms with Gasteiger partial charge < -0.3 is 14.4 Å². The number of amides is 1. The second-order valence-electron chi connectivity index (χ2n) is 6.39. The lowest BCUT2D eigenvalue weighted by molar-refractivity contribution is -0.191. The van der Waals surface area contributed by atoms with Crippen LogP contribution in [0.25, 0.3) is 0 Å². The molecule has 4 heteroatoms. The van der Waals surface area contributed by atoms with E-state index in [1.807, 2.05) is 18.2 Å². The molecule has 0 radical (unpaired) electrons. The Morgan fingerprint density at radius 2 is 1.95 bits per heavy atom. The van der Waals surface area contributed by atoms with Gasteiger partial charge in [0.15, 0.2) is 5.79 Å². The summed E-state index contributed by atoms with van der Waals surface area (Å²) in [5.41, 5.74) is 1.21. The molecule has 0 aromatic heterocycles. The molecule has 1 spiro atoms. The molecule has 112 valence electrons. The third-order valence-corrected chi connectivity index (χ3v) is 5.11. The highest BCUT2D eigenvalue weighted by Crippen LogP contribution is 2.45. The Morgan fingerprint density at radius 1 is 1.19 bits per heavy atom. The number of fused-ring (bicyclic) bond motifs is 1. The van der Waals surface area contributed by atoms with Gasteiger partial charge in [-0.3, -0.25) is 4.79 Å². The van der Waals surface area contributed by atoms with E-state index in [0.29, 0.717) is 31.6 Å². The lowest BCUT2D eigenvalue weighted by Crippen LogP contribution is -2.45. The third-order valence-electron chi connectivity index (χ3n) is 5.11. The Bertz CT molecular complexity index is 524. The summed E-state index contributed by atoms with van der Waals surface area (Å²) >= 11 is 0.